The van der Waals surface area contributed by atoms with E-state index in [1.54, 1.807) is 12.1 Å². The molecule has 0 saturated carbocycles. The third kappa shape index (κ3) is 7.73. The van der Waals surface area contributed by atoms with Crippen LogP contribution in [0.15, 0.2) is 29.3 Å². The van der Waals surface area contributed by atoms with E-state index in [9.17, 15) is 4.39 Å². The van der Waals surface area contributed by atoms with Crippen LogP contribution < -0.4 is 15.4 Å². The van der Waals surface area contributed by atoms with Gasteiger partial charge in [0.2, 0.25) is 0 Å². The highest BCUT2D eigenvalue weighted by Crippen LogP contribution is 2.13. The highest BCUT2D eigenvalue weighted by molar-refractivity contribution is 5.79. The molecular formula is C19H31FN4O. The first kappa shape index (κ1) is 19.5. The highest BCUT2D eigenvalue weighted by atomic mass is 19.1. The zero-order chi connectivity index (χ0) is 17.9. The zero-order valence-electron chi connectivity index (χ0n) is 15.4. The Morgan fingerprint density at radius 3 is 2.64 bits per heavy atom. The number of hydrogen-bond acceptors (Lipinski definition) is 3. The lowest BCUT2D eigenvalue weighted by molar-refractivity contribution is 0.230. The fraction of sp³-hybridized carbons (Fsp3) is 0.632. The maximum absolute atomic E-state index is 12.9. The minimum atomic E-state index is -0.259. The quantitative estimate of drug-likeness (QED) is 0.408. The Kier molecular flexibility index (Phi) is 8.52. The second-order valence-corrected chi connectivity index (χ2v) is 6.43. The standard InChI is InChI=1S/C19H31FN4O/c1-3-21-19(22-11-6-14-24-12-4-5-13-24)23-15-16(2)25-18-9-7-17(20)8-10-18/h7-10,16H,3-6,11-15H2,1-2H3,(H2,21,22,23). The molecule has 0 amide bonds. The molecule has 1 aliphatic heterocycles. The number of rotatable bonds is 9. The largest absolute Gasteiger partial charge is 0.489 e. The van der Waals surface area contributed by atoms with Crippen molar-refractivity contribution in [2.45, 2.75) is 39.2 Å². The lowest BCUT2D eigenvalue weighted by Gasteiger charge is -2.17. The van der Waals surface area contributed by atoms with Gasteiger partial charge in [0.1, 0.15) is 17.7 Å². The molecule has 1 aromatic carbocycles. The number of guanidine groups is 1. The van der Waals surface area contributed by atoms with E-state index < -0.39 is 0 Å². The predicted molar refractivity (Wildman–Crippen MR) is 101 cm³/mol. The topological polar surface area (TPSA) is 48.9 Å². The Balaban J connectivity index is 1.70. The van der Waals surface area contributed by atoms with Crippen molar-refractivity contribution >= 4 is 5.96 Å². The number of halogens is 1. The van der Waals surface area contributed by atoms with E-state index >= 15 is 0 Å². The molecule has 0 aliphatic carbocycles. The number of aliphatic imine (C=N–C) groups is 1. The van der Waals surface area contributed by atoms with E-state index in [0.29, 0.717) is 12.3 Å². The van der Waals surface area contributed by atoms with Crippen molar-refractivity contribution in [1.82, 2.24) is 15.5 Å². The molecule has 1 fully saturated rings. The van der Waals surface area contributed by atoms with E-state index in [4.69, 9.17) is 4.74 Å². The highest BCUT2D eigenvalue weighted by Gasteiger charge is 2.10. The second kappa shape index (κ2) is 10.9. The van der Waals surface area contributed by atoms with Crippen molar-refractivity contribution < 1.29 is 9.13 Å². The van der Waals surface area contributed by atoms with E-state index in [1.807, 2.05) is 6.92 Å². The van der Waals surface area contributed by atoms with E-state index in [0.717, 1.165) is 32.0 Å². The third-order valence-electron chi connectivity index (χ3n) is 4.14. The molecule has 1 atom stereocenters. The van der Waals surface area contributed by atoms with Gasteiger partial charge in [0.25, 0.3) is 0 Å². The van der Waals surface area contributed by atoms with Crippen LogP contribution in [0.5, 0.6) is 5.75 Å². The molecular weight excluding hydrogens is 319 g/mol. The summed E-state index contributed by atoms with van der Waals surface area (Å²) < 4.78 is 18.7. The van der Waals surface area contributed by atoms with E-state index in [-0.39, 0.29) is 11.9 Å². The lowest BCUT2D eigenvalue weighted by Crippen LogP contribution is -2.39. The van der Waals surface area contributed by atoms with Crippen molar-refractivity contribution in [1.29, 1.82) is 0 Å². The summed E-state index contributed by atoms with van der Waals surface area (Å²) in [5.74, 6) is 1.22. The molecule has 1 unspecified atom stereocenters. The zero-order valence-corrected chi connectivity index (χ0v) is 15.4. The first-order chi connectivity index (χ1) is 12.2. The fourth-order valence-corrected chi connectivity index (χ4v) is 2.86. The van der Waals surface area contributed by atoms with Gasteiger partial charge in [0.15, 0.2) is 5.96 Å². The summed E-state index contributed by atoms with van der Waals surface area (Å²) in [4.78, 5) is 7.10. The Labute approximate surface area is 150 Å². The number of nitrogens with one attached hydrogen (secondary N) is 2. The average molecular weight is 350 g/mol. The second-order valence-electron chi connectivity index (χ2n) is 6.43. The van der Waals surface area contributed by atoms with Gasteiger partial charge in [-0.1, -0.05) is 0 Å². The summed E-state index contributed by atoms with van der Waals surface area (Å²) in [6.45, 7) is 9.93. The van der Waals surface area contributed by atoms with Gasteiger partial charge in [-0.2, -0.15) is 0 Å². The predicted octanol–water partition coefficient (Wildman–Crippen LogP) is 2.63. The van der Waals surface area contributed by atoms with Gasteiger partial charge in [-0.05, 0) is 77.0 Å². The Morgan fingerprint density at radius 1 is 1.24 bits per heavy atom. The molecule has 2 rings (SSSR count). The van der Waals surface area contributed by atoms with E-state index in [2.05, 4.69) is 27.4 Å². The van der Waals surface area contributed by atoms with Gasteiger partial charge in [-0.25, -0.2) is 9.38 Å². The van der Waals surface area contributed by atoms with Gasteiger partial charge in [0.05, 0.1) is 6.54 Å². The Morgan fingerprint density at radius 2 is 1.96 bits per heavy atom. The molecule has 0 aromatic heterocycles. The summed E-state index contributed by atoms with van der Waals surface area (Å²) in [7, 11) is 0. The monoisotopic (exact) mass is 350 g/mol. The number of ether oxygens (including phenoxy) is 1. The summed E-state index contributed by atoms with van der Waals surface area (Å²) in [5, 5.41) is 6.64. The van der Waals surface area contributed by atoms with Gasteiger partial charge in [0, 0.05) is 13.1 Å². The van der Waals surface area contributed by atoms with E-state index in [1.165, 1.54) is 38.1 Å². The van der Waals surface area contributed by atoms with Crippen molar-refractivity contribution in [2.24, 2.45) is 4.99 Å². The average Bonchev–Trinajstić information content (AvgIpc) is 3.12. The van der Waals surface area contributed by atoms with Crippen molar-refractivity contribution in [3.05, 3.63) is 30.1 Å². The van der Waals surface area contributed by atoms with Crippen LogP contribution in [0, 0.1) is 5.82 Å². The number of benzene rings is 1. The summed E-state index contributed by atoms with van der Waals surface area (Å²) in [6.07, 6.45) is 3.71. The third-order valence-corrected chi connectivity index (χ3v) is 4.14. The smallest absolute Gasteiger partial charge is 0.191 e. The van der Waals surface area contributed by atoms with Crippen LogP contribution in [0.3, 0.4) is 0 Å². The van der Waals surface area contributed by atoms with Crippen molar-refractivity contribution in [3.8, 4) is 5.75 Å². The molecule has 140 valence electrons. The maximum atomic E-state index is 12.9. The molecule has 1 heterocycles. The minimum absolute atomic E-state index is 0.0782. The molecule has 1 saturated heterocycles. The van der Waals surface area contributed by atoms with Crippen LogP contribution in [0.25, 0.3) is 0 Å². The van der Waals surface area contributed by atoms with Crippen LogP contribution in [-0.2, 0) is 0 Å². The summed E-state index contributed by atoms with van der Waals surface area (Å²) in [6, 6.07) is 6.07. The van der Waals surface area contributed by atoms with Gasteiger partial charge in [-0.3, -0.25) is 0 Å². The fourth-order valence-electron chi connectivity index (χ4n) is 2.86. The summed E-state index contributed by atoms with van der Waals surface area (Å²) >= 11 is 0. The summed E-state index contributed by atoms with van der Waals surface area (Å²) in [5.41, 5.74) is 0. The van der Waals surface area contributed by atoms with Gasteiger partial charge in [-0.15, -0.1) is 0 Å². The SMILES string of the molecule is CCNC(=NCC(C)Oc1ccc(F)cc1)NCCCN1CCCC1. The van der Waals surface area contributed by atoms with Gasteiger partial charge >= 0.3 is 0 Å². The van der Waals surface area contributed by atoms with Crippen molar-refractivity contribution in [3.63, 3.8) is 0 Å². The molecule has 0 spiro atoms. The lowest BCUT2D eigenvalue weighted by atomic mass is 10.3. The van der Waals surface area contributed by atoms with Crippen LogP contribution in [0.2, 0.25) is 0 Å². The molecule has 0 bridgehead atoms. The maximum Gasteiger partial charge on any atom is 0.191 e. The minimum Gasteiger partial charge on any atom is -0.489 e. The molecule has 5 nitrogen and oxygen atoms in total. The van der Waals surface area contributed by atoms with Crippen LogP contribution in [-0.4, -0.2) is 56.2 Å². The molecule has 6 heteroatoms. The van der Waals surface area contributed by atoms with Crippen molar-refractivity contribution in [2.75, 3.05) is 39.3 Å². The first-order valence-electron chi connectivity index (χ1n) is 9.34. The van der Waals surface area contributed by atoms with Crippen LogP contribution in [0.1, 0.15) is 33.1 Å². The van der Waals surface area contributed by atoms with Gasteiger partial charge < -0.3 is 20.3 Å². The van der Waals surface area contributed by atoms with Crippen LogP contribution >= 0.6 is 0 Å². The molecule has 1 aromatic rings. The number of nitrogens with zero attached hydrogens (tertiary/aromatic N) is 2. The number of likely N-dealkylation sites (tertiary alicyclic amines) is 1. The normalized spacial score (nSPS) is 16.7. The molecule has 1 aliphatic rings. The van der Waals surface area contributed by atoms with Crippen LogP contribution in [0.4, 0.5) is 4.39 Å². The molecule has 25 heavy (non-hydrogen) atoms. The Bertz CT molecular complexity index is 515. The Hall–Kier alpha value is -1.82. The molecule has 0 radical (unpaired) electrons. The number of hydrogen-bond donors (Lipinski definition) is 2. The first-order valence-corrected chi connectivity index (χ1v) is 9.34. The molecule has 2 N–H and O–H groups in total.